The predicted molar refractivity (Wildman–Crippen MR) is 96.0 cm³/mol. The average Bonchev–Trinajstić information content (AvgIpc) is 3.03. The van der Waals surface area contributed by atoms with Gasteiger partial charge in [-0.1, -0.05) is 41.0 Å². The third-order valence-corrected chi connectivity index (χ3v) is 5.68. The second kappa shape index (κ2) is 7.16. The Kier molecular flexibility index (Phi) is 5.13. The topological polar surface area (TPSA) is 103 Å². The maximum Gasteiger partial charge on any atom is 0.264 e. The average molecular weight is 417 g/mol. The number of hydrogen-bond donors (Lipinski definition) is 1. The van der Waals surface area contributed by atoms with Crippen LogP contribution in [0.1, 0.15) is 0 Å². The molecule has 0 aliphatic heterocycles. The third kappa shape index (κ3) is 3.87. The number of halogens is 2. The fourth-order valence-electron chi connectivity index (χ4n) is 1.98. The summed E-state index contributed by atoms with van der Waals surface area (Å²) < 4.78 is 29.0. The first-order valence-corrected chi connectivity index (χ1v) is 10.1. The van der Waals surface area contributed by atoms with Gasteiger partial charge in [-0.25, -0.2) is 13.4 Å². The summed E-state index contributed by atoms with van der Waals surface area (Å²) in [7, 11) is -3.93. The summed E-state index contributed by atoms with van der Waals surface area (Å²) in [4.78, 5) is 3.57. The van der Waals surface area contributed by atoms with E-state index in [0.29, 0.717) is 16.5 Å². The van der Waals surface area contributed by atoms with Gasteiger partial charge in [-0.2, -0.15) is 4.68 Å². The Morgan fingerprint density at radius 1 is 1.20 bits per heavy atom. The summed E-state index contributed by atoms with van der Waals surface area (Å²) in [5, 5.41) is 11.8. The van der Waals surface area contributed by atoms with E-state index in [9.17, 15) is 8.42 Å². The standard InChI is InChI=1S/C13H10Cl2N6O2S2/c1-24-13-17-19-20-21(13)9-4-2-3-8(7-9)18-25(22,23)10-5-6-11(14)16-12(10)15/h2-7,18H,1H3. The highest BCUT2D eigenvalue weighted by Gasteiger charge is 2.20. The quantitative estimate of drug-likeness (QED) is 0.503. The minimum atomic E-state index is -3.93. The van der Waals surface area contributed by atoms with Crippen LogP contribution in [0.4, 0.5) is 5.69 Å². The fourth-order valence-corrected chi connectivity index (χ4v) is 4.12. The van der Waals surface area contributed by atoms with Crippen LogP contribution < -0.4 is 4.72 Å². The molecule has 0 atom stereocenters. The zero-order chi connectivity index (χ0) is 18.0. The Morgan fingerprint density at radius 3 is 2.72 bits per heavy atom. The summed E-state index contributed by atoms with van der Waals surface area (Å²) in [6.07, 6.45) is 1.84. The number of nitrogens with zero attached hydrogens (tertiary/aromatic N) is 5. The van der Waals surface area contributed by atoms with E-state index in [0.717, 1.165) is 0 Å². The van der Waals surface area contributed by atoms with Crippen LogP contribution in [-0.2, 0) is 10.0 Å². The van der Waals surface area contributed by atoms with Crippen molar-refractivity contribution in [3.63, 3.8) is 0 Å². The van der Waals surface area contributed by atoms with Crippen molar-refractivity contribution in [1.29, 1.82) is 0 Å². The first kappa shape index (κ1) is 17.9. The molecule has 8 nitrogen and oxygen atoms in total. The molecule has 0 spiro atoms. The van der Waals surface area contributed by atoms with Gasteiger partial charge in [0.2, 0.25) is 5.16 Å². The molecule has 0 saturated heterocycles. The lowest BCUT2D eigenvalue weighted by atomic mass is 10.3. The van der Waals surface area contributed by atoms with E-state index in [4.69, 9.17) is 23.2 Å². The summed E-state index contributed by atoms with van der Waals surface area (Å²) in [5.41, 5.74) is 0.931. The summed E-state index contributed by atoms with van der Waals surface area (Å²) >= 11 is 12.9. The summed E-state index contributed by atoms with van der Waals surface area (Å²) in [6.45, 7) is 0. The van der Waals surface area contributed by atoms with Crippen molar-refractivity contribution < 1.29 is 8.42 Å². The smallest absolute Gasteiger partial charge is 0.264 e. The van der Waals surface area contributed by atoms with Crippen molar-refractivity contribution in [2.45, 2.75) is 10.1 Å². The molecule has 25 heavy (non-hydrogen) atoms. The molecule has 0 aliphatic carbocycles. The lowest BCUT2D eigenvalue weighted by Gasteiger charge is -2.10. The second-order valence-electron chi connectivity index (χ2n) is 4.66. The lowest BCUT2D eigenvalue weighted by Crippen LogP contribution is -2.14. The number of nitrogens with one attached hydrogen (secondary N) is 1. The maximum absolute atomic E-state index is 12.5. The minimum Gasteiger partial charge on any atom is -0.279 e. The molecule has 2 aromatic heterocycles. The number of anilines is 1. The number of sulfonamides is 1. The molecule has 0 bridgehead atoms. The lowest BCUT2D eigenvalue weighted by molar-refractivity contribution is 0.601. The van der Waals surface area contributed by atoms with Gasteiger partial charge in [-0.05, 0) is 47.0 Å². The predicted octanol–water partition coefficient (Wildman–Crippen LogP) is 2.89. The van der Waals surface area contributed by atoms with Crippen LogP contribution in [-0.4, -0.2) is 39.9 Å². The van der Waals surface area contributed by atoms with Gasteiger partial charge in [0.1, 0.15) is 10.0 Å². The van der Waals surface area contributed by atoms with Crippen LogP contribution in [0.5, 0.6) is 0 Å². The van der Waals surface area contributed by atoms with Crippen LogP contribution in [0.3, 0.4) is 0 Å². The number of pyridine rings is 1. The number of hydrogen-bond acceptors (Lipinski definition) is 7. The van der Waals surface area contributed by atoms with Crippen LogP contribution >= 0.6 is 35.0 Å². The van der Waals surface area contributed by atoms with Gasteiger partial charge in [0, 0.05) is 0 Å². The highest BCUT2D eigenvalue weighted by atomic mass is 35.5. The van der Waals surface area contributed by atoms with Crippen molar-refractivity contribution in [2.24, 2.45) is 0 Å². The number of benzene rings is 1. The molecule has 0 amide bonds. The zero-order valence-electron chi connectivity index (χ0n) is 12.6. The van der Waals surface area contributed by atoms with Crippen LogP contribution in [0, 0.1) is 0 Å². The number of aromatic nitrogens is 5. The minimum absolute atomic E-state index is 0.106. The Balaban J connectivity index is 1.94. The maximum atomic E-state index is 12.5. The van der Waals surface area contributed by atoms with Crippen molar-refractivity contribution in [3.8, 4) is 5.69 Å². The van der Waals surface area contributed by atoms with E-state index in [-0.39, 0.29) is 15.2 Å². The molecule has 0 aliphatic rings. The normalized spacial score (nSPS) is 11.5. The van der Waals surface area contributed by atoms with Gasteiger partial charge in [0.05, 0.1) is 11.4 Å². The molecule has 0 radical (unpaired) electrons. The van der Waals surface area contributed by atoms with E-state index in [1.54, 1.807) is 24.3 Å². The van der Waals surface area contributed by atoms with E-state index in [2.05, 4.69) is 25.2 Å². The van der Waals surface area contributed by atoms with Gasteiger partial charge in [0.25, 0.3) is 10.0 Å². The molecule has 130 valence electrons. The van der Waals surface area contributed by atoms with Gasteiger partial charge in [0.15, 0.2) is 5.15 Å². The molecular weight excluding hydrogens is 407 g/mol. The summed E-state index contributed by atoms with van der Waals surface area (Å²) in [5.74, 6) is 0. The van der Waals surface area contributed by atoms with Crippen LogP contribution in [0.15, 0.2) is 46.5 Å². The van der Waals surface area contributed by atoms with Crippen molar-refractivity contribution in [2.75, 3.05) is 11.0 Å². The third-order valence-electron chi connectivity index (χ3n) is 3.04. The number of thioether (sulfide) groups is 1. The van der Waals surface area contributed by atoms with Gasteiger partial charge >= 0.3 is 0 Å². The fraction of sp³-hybridized carbons (Fsp3) is 0.0769. The van der Waals surface area contributed by atoms with Gasteiger partial charge in [-0.15, -0.1) is 5.10 Å². The zero-order valence-corrected chi connectivity index (χ0v) is 15.7. The molecule has 1 aromatic carbocycles. The van der Waals surface area contributed by atoms with E-state index >= 15 is 0 Å². The molecular formula is C13H10Cl2N6O2S2. The highest BCUT2D eigenvalue weighted by Crippen LogP contribution is 2.25. The van der Waals surface area contributed by atoms with Crippen molar-refractivity contribution in [3.05, 3.63) is 46.7 Å². The molecule has 12 heteroatoms. The monoisotopic (exact) mass is 416 g/mol. The molecule has 2 heterocycles. The molecule has 3 rings (SSSR count). The number of tetrazole rings is 1. The first-order valence-electron chi connectivity index (χ1n) is 6.68. The first-order chi connectivity index (χ1) is 11.9. The Bertz CT molecular complexity index is 1020. The van der Waals surface area contributed by atoms with Gasteiger partial charge in [-0.3, -0.25) is 4.72 Å². The van der Waals surface area contributed by atoms with Crippen molar-refractivity contribution >= 4 is 50.7 Å². The SMILES string of the molecule is CSc1nnnn1-c1cccc(NS(=O)(=O)c2ccc(Cl)nc2Cl)c1. The molecule has 0 fully saturated rings. The Hall–Kier alpha value is -1.88. The molecule has 1 N–H and O–H groups in total. The largest absolute Gasteiger partial charge is 0.279 e. The van der Waals surface area contributed by atoms with Gasteiger partial charge < -0.3 is 0 Å². The Labute approximate surface area is 157 Å². The Morgan fingerprint density at radius 2 is 2.00 bits per heavy atom. The second-order valence-corrected chi connectivity index (χ2v) is 7.83. The van der Waals surface area contributed by atoms with E-state index in [1.807, 2.05) is 6.26 Å². The van der Waals surface area contributed by atoms with Crippen LogP contribution in [0.25, 0.3) is 5.69 Å². The van der Waals surface area contributed by atoms with Crippen molar-refractivity contribution in [1.82, 2.24) is 25.2 Å². The summed E-state index contributed by atoms with van der Waals surface area (Å²) in [6, 6.07) is 9.28. The number of rotatable bonds is 5. The van der Waals surface area contributed by atoms with E-state index in [1.165, 1.54) is 28.6 Å². The molecule has 3 aromatic rings. The molecule has 0 unspecified atom stereocenters. The van der Waals surface area contributed by atoms with Crippen LogP contribution in [0.2, 0.25) is 10.3 Å². The molecule has 0 saturated carbocycles. The van der Waals surface area contributed by atoms with E-state index < -0.39 is 10.0 Å². The highest BCUT2D eigenvalue weighted by molar-refractivity contribution is 7.98.